The molecule has 0 saturated heterocycles. The third kappa shape index (κ3) is 5.95. The molecule has 1 atom stereocenters. The number of aryl methyl sites for hydroxylation is 3. The van der Waals surface area contributed by atoms with Gasteiger partial charge < -0.3 is 14.0 Å². The van der Waals surface area contributed by atoms with Gasteiger partial charge in [0.2, 0.25) is 0 Å². The Morgan fingerprint density at radius 2 is 1.94 bits per heavy atom. The zero-order chi connectivity index (χ0) is 23.9. The Morgan fingerprint density at radius 3 is 2.62 bits per heavy atom. The predicted molar refractivity (Wildman–Crippen MR) is 128 cm³/mol. The van der Waals surface area contributed by atoms with Crippen LogP contribution >= 0.6 is 11.3 Å². The maximum Gasteiger partial charge on any atom is 0.338 e. The molecule has 2 heterocycles. The van der Waals surface area contributed by atoms with Gasteiger partial charge in [-0.15, -0.1) is 11.3 Å². The molecule has 8 heteroatoms. The van der Waals surface area contributed by atoms with Gasteiger partial charge in [-0.2, -0.15) is 0 Å². The molecule has 0 saturated carbocycles. The van der Waals surface area contributed by atoms with Crippen LogP contribution < -0.4 is 0 Å². The molecule has 0 fully saturated rings. The molecule has 0 amide bonds. The van der Waals surface area contributed by atoms with Crippen molar-refractivity contribution >= 4 is 17.3 Å². The van der Waals surface area contributed by atoms with Crippen LogP contribution in [-0.4, -0.2) is 27.6 Å². The second-order valence-corrected chi connectivity index (χ2v) is 8.91. The molecule has 6 nitrogen and oxygen atoms in total. The monoisotopic (exact) mass is 479 g/mol. The smallest absolute Gasteiger partial charge is 0.338 e. The van der Waals surface area contributed by atoms with Crippen molar-refractivity contribution in [1.82, 2.24) is 14.5 Å². The van der Waals surface area contributed by atoms with E-state index in [0.717, 1.165) is 27.4 Å². The van der Waals surface area contributed by atoms with Gasteiger partial charge in [0.25, 0.3) is 0 Å². The minimum absolute atomic E-state index is 0.227. The molecule has 0 N–H and O–H groups in total. The van der Waals surface area contributed by atoms with E-state index < -0.39 is 0 Å². The van der Waals surface area contributed by atoms with E-state index in [9.17, 15) is 9.18 Å². The standard InChI is InChI=1S/C26H26FN3O3S/c1-30-17-28-15-22(30)14-24(25-29-11-12-34-25)33-16-19-4-8-20(23(13-19)26(31)32-2)7-3-18-5-9-21(27)10-6-18/h4-6,8-13,15,17,24H,3,7,14,16H2,1-2H3. The van der Waals surface area contributed by atoms with Crippen LogP contribution in [0.2, 0.25) is 0 Å². The highest BCUT2D eigenvalue weighted by Gasteiger charge is 2.19. The van der Waals surface area contributed by atoms with Crippen molar-refractivity contribution in [2.75, 3.05) is 7.11 Å². The lowest BCUT2D eigenvalue weighted by atomic mass is 9.98. The van der Waals surface area contributed by atoms with Gasteiger partial charge in [0, 0.05) is 36.9 Å². The molecule has 0 bridgehead atoms. The average molecular weight is 480 g/mol. The second kappa shape index (κ2) is 11.2. The fraction of sp³-hybridized carbons (Fsp3) is 0.269. The molecule has 4 aromatic rings. The van der Waals surface area contributed by atoms with Gasteiger partial charge in [0.15, 0.2) is 0 Å². The Hall–Kier alpha value is -3.36. The number of hydrogen-bond acceptors (Lipinski definition) is 6. The summed E-state index contributed by atoms with van der Waals surface area (Å²) in [5.74, 6) is -0.648. The van der Waals surface area contributed by atoms with E-state index in [1.165, 1.54) is 19.2 Å². The van der Waals surface area contributed by atoms with Crippen LogP contribution in [0.25, 0.3) is 0 Å². The first-order valence-electron chi connectivity index (χ1n) is 10.9. The van der Waals surface area contributed by atoms with Crippen molar-refractivity contribution in [2.45, 2.75) is 32.0 Å². The normalized spacial score (nSPS) is 12.0. The Labute approximate surface area is 202 Å². The Kier molecular flexibility index (Phi) is 7.82. The number of thiazole rings is 1. The van der Waals surface area contributed by atoms with Crippen LogP contribution in [-0.2, 0) is 42.4 Å². The zero-order valence-electron chi connectivity index (χ0n) is 19.1. The summed E-state index contributed by atoms with van der Waals surface area (Å²) in [6.45, 7) is 0.324. The van der Waals surface area contributed by atoms with Crippen LogP contribution in [0.15, 0.2) is 66.6 Å². The summed E-state index contributed by atoms with van der Waals surface area (Å²) in [4.78, 5) is 21.1. The van der Waals surface area contributed by atoms with E-state index >= 15 is 0 Å². The van der Waals surface area contributed by atoms with Crippen molar-refractivity contribution in [3.05, 3.63) is 105 Å². The molecular formula is C26H26FN3O3S. The largest absolute Gasteiger partial charge is 0.465 e. The van der Waals surface area contributed by atoms with Crippen molar-refractivity contribution < 1.29 is 18.7 Å². The highest BCUT2D eigenvalue weighted by atomic mass is 32.1. The van der Waals surface area contributed by atoms with Crippen LogP contribution in [0.4, 0.5) is 4.39 Å². The summed E-state index contributed by atoms with van der Waals surface area (Å²) in [5, 5.41) is 2.82. The lowest BCUT2D eigenvalue weighted by molar-refractivity contribution is 0.0386. The van der Waals surface area contributed by atoms with Crippen molar-refractivity contribution in [2.24, 2.45) is 7.05 Å². The molecule has 0 aliphatic heterocycles. The topological polar surface area (TPSA) is 66.2 Å². The summed E-state index contributed by atoms with van der Waals surface area (Å²) >= 11 is 1.55. The third-order valence-electron chi connectivity index (χ3n) is 5.66. The molecular weight excluding hydrogens is 453 g/mol. The fourth-order valence-electron chi connectivity index (χ4n) is 3.74. The van der Waals surface area contributed by atoms with Crippen LogP contribution in [0.5, 0.6) is 0 Å². The van der Waals surface area contributed by atoms with Gasteiger partial charge in [0.05, 0.1) is 25.6 Å². The summed E-state index contributed by atoms with van der Waals surface area (Å²) in [6, 6.07) is 12.1. The summed E-state index contributed by atoms with van der Waals surface area (Å²) in [7, 11) is 3.33. The van der Waals surface area contributed by atoms with Crippen LogP contribution in [0.3, 0.4) is 0 Å². The molecule has 0 aliphatic carbocycles. The number of halogens is 1. The van der Waals surface area contributed by atoms with E-state index in [2.05, 4.69) is 9.97 Å². The number of carbonyl (C=O) groups excluding carboxylic acids is 1. The molecule has 4 rings (SSSR count). The van der Waals surface area contributed by atoms with Crippen molar-refractivity contribution in [3.8, 4) is 0 Å². The molecule has 2 aromatic carbocycles. The Balaban J connectivity index is 1.48. The van der Waals surface area contributed by atoms with E-state index in [1.54, 1.807) is 36.0 Å². The van der Waals surface area contributed by atoms with Crippen LogP contribution in [0.1, 0.15) is 43.9 Å². The Morgan fingerprint density at radius 1 is 1.15 bits per heavy atom. The number of methoxy groups -OCH3 is 1. The van der Waals surface area contributed by atoms with Gasteiger partial charge >= 0.3 is 5.97 Å². The maximum absolute atomic E-state index is 13.2. The number of rotatable bonds is 10. The number of benzene rings is 2. The van der Waals surface area contributed by atoms with E-state index in [4.69, 9.17) is 9.47 Å². The highest BCUT2D eigenvalue weighted by Crippen LogP contribution is 2.26. The molecule has 0 spiro atoms. The lowest BCUT2D eigenvalue weighted by Crippen LogP contribution is -2.11. The van der Waals surface area contributed by atoms with Gasteiger partial charge in [-0.3, -0.25) is 0 Å². The first-order chi connectivity index (χ1) is 16.5. The van der Waals surface area contributed by atoms with Crippen LogP contribution in [0, 0.1) is 5.82 Å². The minimum Gasteiger partial charge on any atom is -0.465 e. The number of ether oxygens (including phenoxy) is 2. The number of esters is 1. The highest BCUT2D eigenvalue weighted by molar-refractivity contribution is 7.09. The number of hydrogen-bond donors (Lipinski definition) is 0. The SMILES string of the molecule is COC(=O)c1cc(COC(Cc2cncn2C)c2nccs2)ccc1CCc1ccc(F)cc1. The minimum atomic E-state index is -0.387. The summed E-state index contributed by atoms with van der Waals surface area (Å²) in [6.07, 6.45) is 7.11. The van der Waals surface area contributed by atoms with Gasteiger partial charge in [-0.25, -0.2) is 19.2 Å². The fourth-order valence-corrected chi connectivity index (χ4v) is 4.43. The summed E-state index contributed by atoms with van der Waals surface area (Å²) < 4.78 is 26.4. The molecule has 2 aromatic heterocycles. The number of carbonyl (C=O) groups is 1. The lowest BCUT2D eigenvalue weighted by Gasteiger charge is -2.17. The first-order valence-corrected chi connectivity index (χ1v) is 11.8. The average Bonchev–Trinajstić information content (AvgIpc) is 3.53. The molecule has 0 aliphatic rings. The predicted octanol–water partition coefficient (Wildman–Crippen LogP) is 5.09. The second-order valence-electron chi connectivity index (χ2n) is 7.98. The number of aromatic nitrogens is 3. The molecule has 176 valence electrons. The van der Waals surface area contributed by atoms with Gasteiger partial charge in [-0.05, 0) is 47.7 Å². The first kappa shape index (κ1) is 23.8. The van der Waals surface area contributed by atoms with Gasteiger partial charge in [-0.1, -0.05) is 24.3 Å². The van der Waals surface area contributed by atoms with Gasteiger partial charge in [0.1, 0.15) is 16.9 Å². The van der Waals surface area contributed by atoms with E-state index in [1.807, 2.05) is 41.4 Å². The van der Waals surface area contributed by atoms with E-state index in [0.29, 0.717) is 31.4 Å². The van der Waals surface area contributed by atoms with Crippen molar-refractivity contribution in [3.63, 3.8) is 0 Å². The third-order valence-corrected chi connectivity index (χ3v) is 6.53. The number of nitrogens with zero attached hydrogens (tertiary/aromatic N) is 3. The number of imidazole rings is 1. The molecule has 0 radical (unpaired) electrons. The van der Waals surface area contributed by atoms with E-state index in [-0.39, 0.29) is 17.9 Å². The van der Waals surface area contributed by atoms with Crippen molar-refractivity contribution in [1.29, 1.82) is 0 Å². The molecule has 1 unspecified atom stereocenters. The maximum atomic E-state index is 13.2. The molecule has 34 heavy (non-hydrogen) atoms. The zero-order valence-corrected chi connectivity index (χ0v) is 19.9. The summed E-state index contributed by atoms with van der Waals surface area (Å²) in [5.41, 5.74) is 4.32. The Bertz CT molecular complexity index is 1220. The quantitative estimate of drug-likeness (QED) is 0.297.